The van der Waals surface area contributed by atoms with Crippen molar-refractivity contribution in [1.82, 2.24) is 9.21 Å². The zero-order chi connectivity index (χ0) is 13.5. The molecule has 1 aliphatic heterocycles. The SMILES string of the molecule is CC(C)N1C(N(C)C)=C(c2ccccc2)S1(=O)=O. The van der Waals surface area contributed by atoms with E-state index in [0.29, 0.717) is 4.91 Å². The summed E-state index contributed by atoms with van der Waals surface area (Å²) in [6.07, 6.45) is 0. The van der Waals surface area contributed by atoms with Gasteiger partial charge in [0.1, 0.15) is 10.7 Å². The maximum absolute atomic E-state index is 12.3. The molecule has 2 rings (SSSR count). The molecule has 1 aromatic carbocycles. The van der Waals surface area contributed by atoms with Crippen molar-refractivity contribution in [2.75, 3.05) is 14.1 Å². The lowest BCUT2D eigenvalue weighted by molar-refractivity contribution is 0.309. The van der Waals surface area contributed by atoms with Crippen LogP contribution in [-0.2, 0) is 10.0 Å². The first-order valence-corrected chi connectivity index (χ1v) is 7.33. The molecular weight excluding hydrogens is 248 g/mol. The van der Waals surface area contributed by atoms with Gasteiger partial charge in [0.15, 0.2) is 0 Å². The second-order valence-corrected chi connectivity index (χ2v) is 6.56. The van der Waals surface area contributed by atoms with E-state index in [4.69, 9.17) is 0 Å². The molecule has 1 aromatic rings. The summed E-state index contributed by atoms with van der Waals surface area (Å²) >= 11 is 0. The minimum atomic E-state index is -3.34. The van der Waals surface area contributed by atoms with E-state index < -0.39 is 10.0 Å². The minimum absolute atomic E-state index is 0.0696. The first-order chi connectivity index (χ1) is 8.37. The Labute approximate surface area is 109 Å². The number of benzene rings is 1. The highest BCUT2D eigenvalue weighted by Gasteiger charge is 2.45. The molecule has 0 unspecified atom stereocenters. The van der Waals surface area contributed by atoms with E-state index in [1.165, 1.54) is 4.31 Å². The Kier molecular flexibility index (Phi) is 3.11. The fraction of sp³-hybridized carbons (Fsp3) is 0.385. The molecule has 0 radical (unpaired) electrons. The molecule has 98 valence electrons. The zero-order valence-electron chi connectivity index (χ0n) is 11.1. The van der Waals surface area contributed by atoms with Gasteiger partial charge in [-0.2, -0.15) is 0 Å². The number of sulfonamides is 1. The van der Waals surface area contributed by atoms with Crippen molar-refractivity contribution in [2.45, 2.75) is 19.9 Å². The van der Waals surface area contributed by atoms with Gasteiger partial charge >= 0.3 is 0 Å². The second kappa shape index (κ2) is 4.31. The van der Waals surface area contributed by atoms with Gasteiger partial charge in [0.2, 0.25) is 0 Å². The van der Waals surface area contributed by atoms with Gasteiger partial charge in [0.25, 0.3) is 10.0 Å². The summed E-state index contributed by atoms with van der Waals surface area (Å²) in [6, 6.07) is 9.17. The number of nitrogens with zero attached hydrogens (tertiary/aromatic N) is 2. The Morgan fingerprint density at radius 2 is 1.67 bits per heavy atom. The average molecular weight is 266 g/mol. The van der Waals surface area contributed by atoms with E-state index in [1.54, 1.807) is 0 Å². The quantitative estimate of drug-likeness (QED) is 0.839. The molecule has 1 heterocycles. The molecule has 0 N–H and O–H groups in total. The minimum Gasteiger partial charge on any atom is -0.362 e. The smallest absolute Gasteiger partial charge is 0.269 e. The summed E-state index contributed by atoms with van der Waals surface area (Å²) in [7, 11) is 0.389. The van der Waals surface area contributed by atoms with Crippen LogP contribution in [0.2, 0.25) is 0 Å². The summed E-state index contributed by atoms with van der Waals surface area (Å²) in [6.45, 7) is 3.76. The van der Waals surface area contributed by atoms with Crippen LogP contribution in [0.1, 0.15) is 19.4 Å². The Balaban J connectivity index is 2.62. The van der Waals surface area contributed by atoms with Crippen LogP contribution in [0.15, 0.2) is 36.2 Å². The van der Waals surface area contributed by atoms with Crippen molar-refractivity contribution in [1.29, 1.82) is 0 Å². The first kappa shape index (κ1) is 13.0. The molecule has 0 aliphatic carbocycles. The highest BCUT2D eigenvalue weighted by molar-refractivity contribution is 8.00. The molecule has 0 fully saturated rings. The Morgan fingerprint density at radius 1 is 1.11 bits per heavy atom. The van der Waals surface area contributed by atoms with Crippen LogP contribution in [0.25, 0.3) is 4.91 Å². The standard InChI is InChI=1S/C13H18N2O2S/c1-10(2)15-13(14(3)4)12(18(15,16)17)11-8-6-5-7-9-11/h5-10H,1-4H3. The van der Waals surface area contributed by atoms with Crippen molar-refractivity contribution >= 4 is 14.9 Å². The van der Waals surface area contributed by atoms with Gasteiger partial charge in [0, 0.05) is 20.1 Å². The second-order valence-electron chi connectivity index (χ2n) is 4.81. The van der Waals surface area contributed by atoms with Crippen molar-refractivity contribution in [3.05, 3.63) is 41.7 Å². The Morgan fingerprint density at radius 3 is 2.11 bits per heavy atom. The van der Waals surface area contributed by atoms with Gasteiger partial charge in [-0.3, -0.25) is 0 Å². The van der Waals surface area contributed by atoms with E-state index in [1.807, 2.05) is 63.2 Å². The molecule has 1 aliphatic rings. The van der Waals surface area contributed by atoms with E-state index >= 15 is 0 Å². The lowest BCUT2D eigenvalue weighted by Gasteiger charge is -2.43. The zero-order valence-corrected chi connectivity index (χ0v) is 11.9. The Bertz CT molecular complexity index is 574. The van der Waals surface area contributed by atoms with Gasteiger partial charge < -0.3 is 4.90 Å². The summed E-state index contributed by atoms with van der Waals surface area (Å²) in [4.78, 5) is 2.27. The molecule has 0 amide bonds. The summed E-state index contributed by atoms with van der Waals surface area (Å²) in [5.41, 5.74) is 0.748. The molecule has 18 heavy (non-hydrogen) atoms. The molecule has 0 aromatic heterocycles. The van der Waals surface area contributed by atoms with Crippen LogP contribution in [0.3, 0.4) is 0 Å². The third kappa shape index (κ3) is 1.79. The van der Waals surface area contributed by atoms with Crippen molar-refractivity contribution < 1.29 is 8.42 Å². The molecule has 0 saturated heterocycles. The van der Waals surface area contributed by atoms with Gasteiger partial charge in [-0.25, -0.2) is 12.7 Å². The number of hydrogen-bond donors (Lipinski definition) is 0. The first-order valence-electron chi connectivity index (χ1n) is 5.89. The number of rotatable bonds is 3. The summed E-state index contributed by atoms with van der Waals surface area (Å²) < 4.78 is 26.2. The van der Waals surface area contributed by atoms with Crippen molar-refractivity contribution in [3.63, 3.8) is 0 Å². The predicted octanol–water partition coefficient (Wildman–Crippen LogP) is 1.93. The van der Waals surface area contributed by atoms with Crippen LogP contribution in [0, 0.1) is 0 Å². The third-order valence-electron chi connectivity index (χ3n) is 2.86. The van der Waals surface area contributed by atoms with E-state index in [0.717, 1.165) is 11.4 Å². The topological polar surface area (TPSA) is 40.6 Å². The van der Waals surface area contributed by atoms with Crippen LogP contribution < -0.4 is 0 Å². The average Bonchev–Trinajstić information content (AvgIpc) is 2.26. The fourth-order valence-electron chi connectivity index (χ4n) is 2.18. The van der Waals surface area contributed by atoms with Crippen LogP contribution >= 0.6 is 0 Å². The third-order valence-corrected chi connectivity index (χ3v) is 4.90. The lowest BCUT2D eigenvalue weighted by atomic mass is 10.2. The van der Waals surface area contributed by atoms with Crippen molar-refractivity contribution in [3.8, 4) is 0 Å². The largest absolute Gasteiger partial charge is 0.362 e. The molecule has 0 atom stereocenters. The van der Waals surface area contributed by atoms with Gasteiger partial charge in [0.05, 0.1) is 0 Å². The molecule has 0 spiro atoms. The Hall–Kier alpha value is -1.49. The highest BCUT2D eigenvalue weighted by atomic mass is 32.2. The van der Waals surface area contributed by atoms with Gasteiger partial charge in [-0.1, -0.05) is 30.3 Å². The van der Waals surface area contributed by atoms with Crippen LogP contribution in [-0.4, -0.2) is 37.8 Å². The van der Waals surface area contributed by atoms with Crippen molar-refractivity contribution in [2.24, 2.45) is 0 Å². The maximum Gasteiger partial charge on any atom is 0.269 e. The predicted molar refractivity (Wildman–Crippen MR) is 72.9 cm³/mol. The number of hydrogen-bond acceptors (Lipinski definition) is 3. The fourth-order valence-corrected chi connectivity index (χ4v) is 4.23. The van der Waals surface area contributed by atoms with Crippen LogP contribution in [0.5, 0.6) is 0 Å². The molecule has 0 bridgehead atoms. The van der Waals surface area contributed by atoms with E-state index in [-0.39, 0.29) is 6.04 Å². The van der Waals surface area contributed by atoms with Gasteiger partial charge in [-0.15, -0.1) is 0 Å². The normalized spacial score (nSPS) is 17.9. The highest BCUT2D eigenvalue weighted by Crippen LogP contribution is 2.42. The lowest BCUT2D eigenvalue weighted by Crippen LogP contribution is -2.49. The van der Waals surface area contributed by atoms with E-state index in [9.17, 15) is 8.42 Å². The van der Waals surface area contributed by atoms with Gasteiger partial charge in [-0.05, 0) is 19.4 Å². The van der Waals surface area contributed by atoms with E-state index in [2.05, 4.69) is 0 Å². The molecule has 5 heteroatoms. The molecule has 4 nitrogen and oxygen atoms in total. The summed E-state index contributed by atoms with van der Waals surface area (Å²) in [5, 5.41) is 0. The van der Waals surface area contributed by atoms with Crippen LogP contribution in [0.4, 0.5) is 0 Å². The molecular formula is C13H18N2O2S. The molecule has 0 saturated carbocycles. The maximum atomic E-state index is 12.3. The summed E-state index contributed by atoms with van der Waals surface area (Å²) in [5.74, 6) is 0.760. The monoisotopic (exact) mass is 266 g/mol.